The van der Waals surface area contributed by atoms with E-state index in [1.165, 1.54) is 10.9 Å². The van der Waals surface area contributed by atoms with Gasteiger partial charge in [-0.2, -0.15) is 0 Å². The maximum absolute atomic E-state index is 12.5. The molecule has 114 valence electrons. The molecule has 2 saturated heterocycles. The number of hydrogen-bond donors (Lipinski definition) is 2. The highest BCUT2D eigenvalue weighted by molar-refractivity contribution is 5.91. The fraction of sp³-hybridized carbons (Fsp3) is 0.412. The first-order valence-corrected chi connectivity index (χ1v) is 7.86. The van der Waals surface area contributed by atoms with E-state index in [9.17, 15) is 9.59 Å². The summed E-state index contributed by atoms with van der Waals surface area (Å²) in [7, 11) is 0. The number of aromatic nitrogens is 1. The lowest BCUT2D eigenvalue weighted by Gasteiger charge is -2.20. The van der Waals surface area contributed by atoms with E-state index >= 15 is 0 Å². The Balaban J connectivity index is 1.50. The van der Waals surface area contributed by atoms with Crippen LogP contribution in [0.1, 0.15) is 30.7 Å². The maximum Gasteiger partial charge on any atom is 0.245 e. The first-order valence-electron chi connectivity index (χ1n) is 7.86. The van der Waals surface area contributed by atoms with Gasteiger partial charge in [-0.05, 0) is 24.5 Å². The van der Waals surface area contributed by atoms with E-state index in [0.29, 0.717) is 18.8 Å². The van der Waals surface area contributed by atoms with Gasteiger partial charge in [-0.25, -0.2) is 0 Å². The van der Waals surface area contributed by atoms with Gasteiger partial charge in [0.15, 0.2) is 0 Å². The zero-order valence-corrected chi connectivity index (χ0v) is 12.3. The second-order valence-corrected chi connectivity index (χ2v) is 6.22. The summed E-state index contributed by atoms with van der Waals surface area (Å²) in [4.78, 5) is 29.0. The predicted molar refractivity (Wildman–Crippen MR) is 83.4 cm³/mol. The Kier molecular flexibility index (Phi) is 3.13. The van der Waals surface area contributed by atoms with Crippen molar-refractivity contribution in [3.63, 3.8) is 0 Å². The van der Waals surface area contributed by atoms with Gasteiger partial charge in [-0.3, -0.25) is 9.59 Å². The summed E-state index contributed by atoms with van der Waals surface area (Å²) in [5, 5.41) is 4.02. The van der Waals surface area contributed by atoms with Crippen LogP contribution in [-0.4, -0.2) is 40.8 Å². The molecule has 0 aliphatic carbocycles. The van der Waals surface area contributed by atoms with Gasteiger partial charge >= 0.3 is 0 Å². The number of nitrogens with zero attached hydrogens (tertiary/aromatic N) is 1. The van der Waals surface area contributed by atoms with Gasteiger partial charge in [0.25, 0.3) is 0 Å². The number of hydrogen-bond acceptors (Lipinski definition) is 2. The number of H-pyrrole nitrogens is 1. The van der Waals surface area contributed by atoms with Crippen LogP contribution in [0.25, 0.3) is 10.9 Å². The minimum atomic E-state index is -0.311. The lowest BCUT2D eigenvalue weighted by molar-refractivity contribution is -0.133. The summed E-state index contributed by atoms with van der Waals surface area (Å²) in [5.41, 5.74) is 2.44. The van der Waals surface area contributed by atoms with Gasteiger partial charge in [0.1, 0.15) is 6.04 Å². The first-order chi connectivity index (χ1) is 10.7. The fourth-order valence-electron chi connectivity index (χ4n) is 3.67. The zero-order valence-electron chi connectivity index (χ0n) is 12.3. The lowest BCUT2D eigenvalue weighted by Crippen LogP contribution is -2.43. The van der Waals surface area contributed by atoms with Crippen molar-refractivity contribution in [3.8, 4) is 0 Å². The largest absolute Gasteiger partial charge is 0.361 e. The quantitative estimate of drug-likeness (QED) is 0.887. The molecule has 22 heavy (non-hydrogen) atoms. The standard InChI is InChI=1S/C17H19N3O2/c21-16-6-5-15(19-16)17(22)20-8-7-11(10-20)13-9-18-14-4-2-1-3-12(13)14/h1-4,9,11,15,18H,5-8,10H2,(H,19,21). The van der Waals surface area contributed by atoms with Gasteiger partial charge in [0.05, 0.1) is 0 Å². The molecule has 2 amide bonds. The Morgan fingerprint density at radius 2 is 2.09 bits per heavy atom. The van der Waals surface area contributed by atoms with E-state index in [-0.39, 0.29) is 17.9 Å². The average Bonchev–Trinajstić information content (AvgIpc) is 3.24. The molecule has 2 fully saturated rings. The molecular formula is C17H19N3O2. The summed E-state index contributed by atoms with van der Waals surface area (Å²) in [6, 6.07) is 7.96. The first kappa shape index (κ1) is 13.4. The third kappa shape index (κ3) is 2.17. The average molecular weight is 297 g/mol. The molecule has 3 heterocycles. The van der Waals surface area contributed by atoms with Gasteiger partial charge < -0.3 is 15.2 Å². The Morgan fingerprint density at radius 3 is 2.91 bits per heavy atom. The molecule has 0 radical (unpaired) electrons. The maximum atomic E-state index is 12.5. The molecule has 0 saturated carbocycles. The number of likely N-dealkylation sites (tertiary alicyclic amines) is 1. The van der Waals surface area contributed by atoms with E-state index in [0.717, 1.165) is 25.0 Å². The monoisotopic (exact) mass is 297 g/mol. The minimum absolute atomic E-state index is 0.00859. The molecule has 1 aromatic heterocycles. The lowest BCUT2D eigenvalue weighted by atomic mass is 9.98. The van der Waals surface area contributed by atoms with E-state index < -0.39 is 0 Å². The minimum Gasteiger partial charge on any atom is -0.361 e. The van der Waals surface area contributed by atoms with Crippen LogP contribution in [0.2, 0.25) is 0 Å². The predicted octanol–water partition coefficient (Wildman–Crippen LogP) is 1.76. The summed E-state index contributed by atoms with van der Waals surface area (Å²) < 4.78 is 0. The Bertz CT molecular complexity index is 736. The Morgan fingerprint density at radius 1 is 1.23 bits per heavy atom. The number of carbonyl (C=O) groups is 2. The van der Waals surface area contributed by atoms with Crippen molar-refractivity contribution in [1.29, 1.82) is 0 Å². The highest BCUT2D eigenvalue weighted by Gasteiger charge is 2.35. The normalized spacial score (nSPS) is 24.9. The van der Waals surface area contributed by atoms with Gasteiger partial charge in [0.2, 0.25) is 11.8 Å². The number of rotatable bonds is 2. The molecule has 2 atom stereocenters. The number of benzene rings is 1. The van der Waals surface area contributed by atoms with Crippen LogP contribution < -0.4 is 5.32 Å². The summed E-state index contributed by atoms with van der Waals surface area (Å²) >= 11 is 0. The molecule has 2 aliphatic heterocycles. The molecule has 1 aromatic carbocycles. The van der Waals surface area contributed by atoms with Crippen LogP contribution in [0, 0.1) is 0 Å². The number of fused-ring (bicyclic) bond motifs is 1. The van der Waals surface area contributed by atoms with Crippen molar-refractivity contribution in [1.82, 2.24) is 15.2 Å². The van der Waals surface area contributed by atoms with Crippen molar-refractivity contribution in [2.24, 2.45) is 0 Å². The van der Waals surface area contributed by atoms with Gasteiger partial charge in [0, 0.05) is 42.5 Å². The molecule has 0 bridgehead atoms. The highest BCUT2D eigenvalue weighted by atomic mass is 16.2. The van der Waals surface area contributed by atoms with Crippen LogP contribution in [0.5, 0.6) is 0 Å². The van der Waals surface area contributed by atoms with Gasteiger partial charge in [-0.1, -0.05) is 18.2 Å². The number of amides is 2. The van der Waals surface area contributed by atoms with E-state index in [1.807, 2.05) is 17.0 Å². The molecule has 5 nitrogen and oxygen atoms in total. The topological polar surface area (TPSA) is 65.2 Å². The number of nitrogens with one attached hydrogen (secondary N) is 2. The van der Waals surface area contributed by atoms with Crippen molar-refractivity contribution in [3.05, 3.63) is 36.0 Å². The molecule has 2 unspecified atom stereocenters. The van der Waals surface area contributed by atoms with Crippen molar-refractivity contribution < 1.29 is 9.59 Å². The smallest absolute Gasteiger partial charge is 0.245 e. The summed E-state index contributed by atoms with van der Waals surface area (Å²) in [6.07, 6.45) is 4.15. The van der Waals surface area contributed by atoms with Crippen LogP contribution in [0.3, 0.4) is 0 Å². The summed E-state index contributed by atoms with van der Waals surface area (Å²) in [6.45, 7) is 1.52. The third-order valence-electron chi connectivity index (χ3n) is 4.85. The Hall–Kier alpha value is -2.30. The molecule has 0 spiro atoms. The number of carbonyl (C=O) groups excluding carboxylic acids is 2. The van der Waals surface area contributed by atoms with E-state index in [2.05, 4.69) is 28.6 Å². The molecule has 5 heteroatoms. The zero-order chi connectivity index (χ0) is 15.1. The van der Waals surface area contributed by atoms with Crippen LogP contribution in [0.15, 0.2) is 30.5 Å². The van der Waals surface area contributed by atoms with Crippen LogP contribution >= 0.6 is 0 Å². The van der Waals surface area contributed by atoms with Crippen molar-refractivity contribution in [2.45, 2.75) is 31.2 Å². The van der Waals surface area contributed by atoms with Crippen molar-refractivity contribution >= 4 is 22.7 Å². The van der Waals surface area contributed by atoms with E-state index in [1.54, 1.807) is 0 Å². The van der Waals surface area contributed by atoms with Crippen LogP contribution in [0.4, 0.5) is 0 Å². The molecule has 2 aliphatic rings. The SMILES string of the molecule is O=C1CCC(C(=O)N2CCC(c3c[nH]c4ccccc34)C2)N1. The van der Waals surface area contributed by atoms with Crippen molar-refractivity contribution in [2.75, 3.05) is 13.1 Å². The van der Waals surface area contributed by atoms with E-state index in [4.69, 9.17) is 0 Å². The fourth-order valence-corrected chi connectivity index (χ4v) is 3.67. The van der Waals surface area contributed by atoms with Crippen LogP contribution in [-0.2, 0) is 9.59 Å². The highest BCUT2D eigenvalue weighted by Crippen LogP contribution is 2.32. The van der Waals surface area contributed by atoms with Gasteiger partial charge in [-0.15, -0.1) is 0 Å². The molecular weight excluding hydrogens is 278 g/mol. The number of aromatic amines is 1. The molecule has 2 N–H and O–H groups in total. The second-order valence-electron chi connectivity index (χ2n) is 6.22. The third-order valence-corrected chi connectivity index (χ3v) is 4.85. The summed E-state index contributed by atoms with van der Waals surface area (Å²) in [5.74, 6) is 0.441. The molecule has 2 aromatic rings. The molecule has 4 rings (SSSR count). The number of para-hydroxylation sites is 1. The second kappa shape index (κ2) is 5.16. The Labute approximate surface area is 128 Å².